The van der Waals surface area contributed by atoms with Gasteiger partial charge < -0.3 is 15.0 Å². The average Bonchev–Trinajstić information content (AvgIpc) is 2.51. The van der Waals surface area contributed by atoms with Crippen molar-refractivity contribution < 1.29 is 13.9 Å². The zero-order chi connectivity index (χ0) is 17.7. The van der Waals surface area contributed by atoms with Crippen LogP contribution in [0.1, 0.15) is 52.1 Å². The van der Waals surface area contributed by atoms with E-state index in [2.05, 4.69) is 5.32 Å². The maximum Gasteiger partial charge on any atom is 0.410 e. The zero-order valence-corrected chi connectivity index (χ0v) is 15.1. The van der Waals surface area contributed by atoms with Crippen molar-refractivity contribution in [1.29, 1.82) is 0 Å². The van der Waals surface area contributed by atoms with E-state index in [0.29, 0.717) is 12.5 Å². The van der Waals surface area contributed by atoms with Crippen LogP contribution in [0.2, 0.25) is 0 Å². The molecule has 134 valence electrons. The molecule has 0 saturated carbocycles. The van der Waals surface area contributed by atoms with Crippen molar-refractivity contribution in [1.82, 2.24) is 10.2 Å². The van der Waals surface area contributed by atoms with Crippen molar-refractivity contribution in [3.05, 3.63) is 35.6 Å². The van der Waals surface area contributed by atoms with E-state index in [4.69, 9.17) is 4.74 Å². The first kappa shape index (κ1) is 18.7. The van der Waals surface area contributed by atoms with Gasteiger partial charge in [-0.3, -0.25) is 0 Å². The van der Waals surface area contributed by atoms with E-state index in [1.807, 2.05) is 33.8 Å². The topological polar surface area (TPSA) is 41.6 Å². The minimum atomic E-state index is -0.464. The number of ether oxygens (including phenoxy) is 1. The van der Waals surface area contributed by atoms with Gasteiger partial charge in [0.1, 0.15) is 11.4 Å². The minimum Gasteiger partial charge on any atom is -0.444 e. The van der Waals surface area contributed by atoms with Crippen molar-refractivity contribution >= 4 is 6.09 Å². The third-order valence-corrected chi connectivity index (χ3v) is 4.23. The highest BCUT2D eigenvalue weighted by molar-refractivity contribution is 5.68. The molecule has 1 saturated heterocycles. The zero-order valence-electron chi connectivity index (χ0n) is 15.1. The Balaban J connectivity index is 1.83. The molecule has 1 aliphatic rings. The van der Waals surface area contributed by atoms with Crippen LogP contribution in [0, 0.1) is 11.7 Å². The Labute approximate surface area is 144 Å². The molecule has 1 aromatic carbocycles. The molecule has 1 N–H and O–H groups in total. The molecule has 1 heterocycles. The van der Waals surface area contributed by atoms with Gasteiger partial charge in [-0.05, 0) is 64.2 Å². The third-order valence-electron chi connectivity index (χ3n) is 4.23. The van der Waals surface area contributed by atoms with Crippen molar-refractivity contribution in [3.63, 3.8) is 0 Å². The number of carbonyl (C=O) groups excluding carboxylic acids is 1. The van der Waals surface area contributed by atoms with E-state index in [9.17, 15) is 9.18 Å². The standard InChI is InChI=1S/C19H29FN2O2/c1-14(16-8-5-9-17(20)11-16)21-12-15-7-6-10-22(13-15)18(23)24-19(2,3)4/h5,8-9,11,14-15,21H,6-7,10,12-13H2,1-4H3. The van der Waals surface area contributed by atoms with Crippen molar-refractivity contribution in [2.45, 2.75) is 52.2 Å². The van der Waals surface area contributed by atoms with Gasteiger partial charge in [0.25, 0.3) is 0 Å². The van der Waals surface area contributed by atoms with E-state index in [-0.39, 0.29) is 18.0 Å². The summed E-state index contributed by atoms with van der Waals surface area (Å²) in [6.45, 7) is 9.94. The van der Waals surface area contributed by atoms with Gasteiger partial charge in [-0.15, -0.1) is 0 Å². The number of benzene rings is 1. The van der Waals surface area contributed by atoms with Crippen LogP contribution >= 0.6 is 0 Å². The van der Waals surface area contributed by atoms with Crippen LogP contribution in [0.5, 0.6) is 0 Å². The predicted molar refractivity (Wildman–Crippen MR) is 93.3 cm³/mol. The van der Waals surface area contributed by atoms with Crippen LogP contribution < -0.4 is 5.32 Å². The number of piperidine rings is 1. The maximum absolute atomic E-state index is 13.3. The first-order chi connectivity index (χ1) is 11.2. The number of likely N-dealkylation sites (tertiary alicyclic amines) is 1. The molecule has 1 aliphatic heterocycles. The molecule has 0 spiro atoms. The minimum absolute atomic E-state index is 0.0811. The highest BCUT2D eigenvalue weighted by Gasteiger charge is 2.27. The van der Waals surface area contributed by atoms with Crippen LogP contribution in [0.15, 0.2) is 24.3 Å². The first-order valence-electron chi connectivity index (χ1n) is 8.71. The molecular weight excluding hydrogens is 307 g/mol. The number of hydrogen-bond acceptors (Lipinski definition) is 3. The molecule has 2 rings (SSSR count). The summed E-state index contributed by atoms with van der Waals surface area (Å²) in [5, 5.41) is 3.46. The van der Waals surface area contributed by atoms with Gasteiger partial charge in [0, 0.05) is 25.7 Å². The summed E-state index contributed by atoms with van der Waals surface area (Å²) in [4.78, 5) is 14.0. The summed E-state index contributed by atoms with van der Waals surface area (Å²) in [6.07, 6.45) is 1.84. The van der Waals surface area contributed by atoms with Gasteiger partial charge in [-0.1, -0.05) is 12.1 Å². The van der Waals surface area contributed by atoms with Gasteiger partial charge in [0.2, 0.25) is 0 Å². The predicted octanol–water partition coefficient (Wildman–Crippen LogP) is 4.12. The molecule has 24 heavy (non-hydrogen) atoms. The van der Waals surface area contributed by atoms with Crippen molar-refractivity contribution in [2.75, 3.05) is 19.6 Å². The monoisotopic (exact) mass is 336 g/mol. The van der Waals surface area contributed by atoms with Gasteiger partial charge in [-0.25, -0.2) is 9.18 Å². The summed E-state index contributed by atoms with van der Waals surface area (Å²) in [6, 6.07) is 6.75. The van der Waals surface area contributed by atoms with E-state index in [1.54, 1.807) is 17.0 Å². The smallest absolute Gasteiger partial charge is 0.410 e. The molecule has 2 unspecified atom stereocenters. The van der Waals surface area contributed by atoms with Crippen LogP contribution in [0.3, 0.4) is 0 Å². The molecule has 0 bridgehead atoms. The number of hydrogen-bond donors (Lipinski definition) is 1. The van der Waals surface area contributed by atoms with Crippen molar-refractivity contribution in [2.24, 2.45) is 5.92 Å². The Kier molecular flexibility index (Phi) is 6.21. The van der Waals surface area contributed by atoms with Gasteiger partial charge in [0.05, 0.1) is 0 Å². The molecule has 5 heteroatoms. The van der Waals surface area contributed by atoms with Gasteiger partial charge in [0.15, 0.2) is 0 Å². The summed E-state index contributed by atoms with van der Waals surface area (Å²) in [7, 11) is 0. The fourth-order valence-electron chi connectivity index (χ4n) is 2.96. The molecule has 1 amide bonds. The molecule has 2 atom stereocenters. The fraction of sp³-hybridized carbons (Fsp3) is 0.632. The lowest BCUT2D eigenvalue weighted by atomic mass is 9.97. The lowest BCUT2D eigenvalue weighted by molar-refractivity contribution is 0.0165. The second-order valence-electron chi connectivity index (χ2n) is 7.62. The summed E-state index contributed by atoms with van der Waals surface area (Å²) in [5.41, 5.74) is 0.476. The number of nitrogens with one attached hydrogen (secondary N) is 1. The summed E-state index contributed by atoms with van der Waals surface area (Å²) in [5.74, 6) is 0.178. The lowest BCUT2D eigenvalue weighted by Gasteiger charge is -2.34. The molecule has 1 fully saturated rings. The normalized spacial score (nSPS) is 19.9. The number of halogens is 1. The Bertz CT molecular complexity index is 557. The Morgan fingerprint density at radius 3 is 2.88 bits per heavy atom. The second-order valence-corrected chi connectivity index (χ2v) is 7.62. The van der Waals surface area contributed by atoms with E-state index in [1.165, 1.54) is 6.07 Å². The Hall–Kier alpha value is -1.62. The first-order valence-corrected chi connectivity index (χ1v) is 8.71. The second kappa shape index (κ2) is 7.97. The SMILES string of the molecule is CC(NCC1CCCN(C(=O)OC(C)(C)C)C1)c1cccc(F)c1. The average molecular weight is 336 g/mol. The summed E-state index contributed by atoms with van der Waals surface area (Å²) < 4.78 is 18.8. The molecule has 0 aromatic heterocycles. The largest absolute Gasteiger partial charge is 0.444 e. The van der Waals surface area contributed by atoms with Crippen LogP contribution in [-0.2, 0) is 4.74 Å². The number of nitrogens with zero attached hydrogens (tertiary/aromatic N) is 1. The third kappa shape index (κ3) is 5.78. The fourth-order valence-corrected chi connectivity index (χ4v) is 2.96. The van der Waals surface area contributed by atoms with E-state index < -0.39 is 5.60 Å². The Morgan fingerprint density at radius 1 is 1.46 bits per heavy atom. The van der Waals surface area contributed by atoms with E-state index >= 15 is 0 Å². The number of carbonyl (C=O) groups is 1. The number of amides is 1. The lowest BCUT2D eigenvalue weighted by Crippen LogP contribution is -2.45. The van der Waals surface area contributed by atoms with E-state index in [0.717, 1.165) is 31.5 Å². The molecular formula is C19H29FN2O2. The number of rotatable bonds is 4. The summed E-state index contributed by atoms with van der Waals surface area (Å²) >= 11 is 0. The highest BCUT2D eigenvalue weighted by Crippen LogP contribution is 2.20. The van der Waals surface area contributed by atoms with Crippen LogP contribution in [0.25, 0.3) is 0 Å². The van der Waals surface area contributed by atoms with Crippen LogP contribution in [0.4, 0.5) is 9.18 Å². The quantitative estimate of drug-likeness (QED) is 0.899. The Morgan fingerprint density at radius 2 is 2.21 bits per heavy atom. The van der Waals surface area contributed by atoms with Crippen LogP contribution in [-0.4, -0.2) is 36.2 Å². The van der Waals surface area contributed by atoms with Gasteiger partial charge >= 0.3 is 6.09 Å². The molecule has 1 aromatic rings. The van der Waals surface area contributed by atoms with Gasteiger partial charge in [-0.2, -0.15) is 0 Å². The molecule has 4 nitrogen and oxygen atoms in total. The van der Waals surface area contributed by atoms with Crippen molar-refractivity contribution in [3.8, 4) is 0 Å². The maximum atomic E-state index is 13.3. The molecule has 0 radical (unpaired) electrons. The molecule has 0 aliphatic carbocycles. The highest BCUT2D eigenvalue weighted by atomic mass is 19.1.